The molecule has 0 saturated carbocycles. The van der Waals surface area contributed by atoms with E-state index >= 15 is 0 Å². The van der Waals surface area contributed by atoms with Crippen LogP contribution in [0.4, 0.5) is 0 Å². The number of fused-ring (bicyclic) bond motifs is 1. The maximum absolute atomic E-state index is 12.3. The van der Waals surface area contributed by atoms with Gasteiger partial charge in [0.1, 0.15) is 6.61 Å². The number of para-hydroxylation sites is 2. The third-order valence-corrected chi connectivity index (χ3v) is 3.70. The first-order valence-corrected chi connectivity index (χ1v) is 8.08. The second-order valence-corrected chi connectivity index (χ2v) is 5.51. The van der Waals surface area contributed by atoms with E-state index in [2.05, 4.69) is 17.5 Å². The lowest BCUT2D eigenvalue weighted by Gasteiger charge is -2.24. The Morgan fingerprint density at radius 2 is 1.83 bits per heavy atom. The van der Waals surface area contributed by atoms with Crippen LogP contribution in [0.1, 0.15) is 25.3 Å². The summed E-state index contributed by atoms with van der Waals surface area (Å²) in [5.74, 6) is 0.916. The molecule has 1 amide bonds. The Kier molecular flexibility index (Phi) is 5.11. The lowest BCUT2D eigenvalue weighted by atomic mass is 10.1. The van der Waals surface area contributed by atoms with Crippen LogP contribution >= 0.6 is 0 Å². The predicted molar refractivity (Wildman–Crippen MR) is 92.4 cm³/mol. The largest absolute Gasteiger partial charge is 0.485 e. The Hall–Kier alpha value is -2.82. The van der Waals surface area contributed by atoms with Crippen molar-refractivity contribution in [1.29, 1.82) is 0 Å². The molecule has 5 heteroatoms. The van der Waals surface area contributed by atoms with Crippen molar-refractivity contribution < 1.29 is 14.3 Å². The van der Waals surface area contributed by atoms with Gasteiger partial charge in [0.25, 0.3) is 5.91 Å². The number of rotatable bonds is 5. The minimum absolute atomic E-state index is 0.173. The summed E-state index contributed by atoms with van der Waals surface area (Å²) in [5.41, 5.74) is 4.47. The summed E-state index contributed by atoms with van der Waals surface area (Å²) in [7, 11) is 0. The summed E-state index contributed by atoms with van der Waals surface area (Å²) in [5, 5.41) is 4.30. The van der Waals surface area contributed by atoms with Crippen molar-refractivity contribution in [2.24, 2.45) is 5.10 Å². The van der Waals surface area contributed by atoms with E-state index in [-0.39, 0.29) is 12.5 Å². The molecule has 124 valence electrons. The Balaban J connectivity index is 1.68. The topological polar surface area (TPSA) is 59.9 Å². The normalized spacial score (nSPS) is 16.5. The number of ether oxygens (including phenoxy) is 2. The molecule has 3 rings (SSSR count). The van der Waals surface area contributed by atoms with Crippen molar-refractivity contribution in [3.63, 3.8) is 0 Å². The van der Waals surface area contributed by atoms with Crippen LogP contribution in [0.2, 0.25) is 0 Å². The first-order valence-electron chi connectivity index (χ1n) is 8.08. The molecule has 0 fully saturated rings. The highest BCUT2D eigenvalue weighted by Crippen LogP contribution is 2.30. The molecule has 0 aromatic heterocycles. The molecule has 1 N–H and O–H groups in total. The van der Waals surface area contributed by atoms with Gasteiger partial charge in [0.2, 0.25) is 6.10 Å². The first kappa shape index (κ1) is 16.1. The molecular weight excluding hydrogens is 304 g/mol. The molecule has 0 aliphatic carbocycles. The molecule has 0 radical (unpaired) electrons. The highest BCUT2D eigenvalue weighted by molar-refractivity contribution is 6.01. The van der Waals surface area contributed by atoms with E-state index in [1.165, 1.54) is 0 Å². The Bertz CT molecular complexity index is 728. The second-order valence-electron chi connectivity index (χ2n) is 5.51. The lowest BCUT2D eigenvalue weighted by molar-refractivity contribution is -0.130. The van der Waals surface area contributed by atoms with E-state index in [9.17, 15) is 4.79 Å². The van der Waals surface area contributed by atoms with Crippen molar-refractivity contribution in [3.05, 3.63) is 60.2 Å². The lowest BCUT2D eigenvalue weighted by Crippen LogP contribution is -2.42. The zero-order valence-corrected chi connectivity index (χ0v) is 13.6. The number of nitrogens with one attached hydrogen (secondary N) is 1. The number of benzene rings is 2. The van der Waals surface area contributed by atoms with E-state index in [1.807, 2.05) is 48.5 Å². The summed E-state index contributed by atoms with van der Waals surface area (Å²) >= 11 is 0. The van der Waals surface area contributed by atoms with Crippen LogP contribution in [0.15, 0.2) is 59.7 Å². The zero-order valence-electron chi connectivity index (χ0n) is 13.6. The van der Waals surface area contributed by atoms with Gasteiger partial charge in [0, 0.05) is 0 Å². The third kappa shape index (κ3) is 3.74. The highest BCUT2D eigenvalue weighted by atomic mass is 16.6. The summed E-state index contributed by atoms with van der Waals surface area (Å²) in [4.78, 5) is 12.3. The molecule has 1 heterocycles. The van der Waals surface area contributed by atoms with Gasteiger partial charge < -0.3 is 9.47 Å². The third-order valence-electron chi connectivity index (χ3n) is 3.70. The molecule has 5 nitrogen and oxygen atoms in total. The maximum Gasteiger partial charge on any atom is 0.284 e. The van der Waals surface area contributed by atoms with Gasteiger partial charge in [0.05, 0.1) is 5.71 Å². The van der Waals surface area contributed by atoms with Crippen LogP contribution < -0.4 is 14.9 Å². The van der Waals surface area contributed by atoms with Crippen LogP contribution in [-0.4, -0.2) is 24.3 Å². The average Bonchev–Trinajstić information content (AvgIpc) is 2.65. The summed E-state index contributed by atoms with van der Waals surface area (Å²) < 4.78 is 11.2. The van der Waals surface area contributed by atoms with E-state index < -0.39 is 6.10 Å². The Morgan fingerprint density at radius 3 is 2.58 bits per heavy atom. The second kappa shape index (κ2) is 7.64. The van der Waals surface area contributed by atoms with Gasteiger partial charge in [0.15, 0.2) is 11.5 Å². The monoisotopic (exact) mass is 324 g/mol. The number of amides is 1. The molecule has 24 heavy (non-hydrogen) atoms. The Labute approximate surface area is 141 Å². The SMILES string of the molecule is CCC/C(=N/NC(=O)C1COc2ccccc2O1)c1ccccc1. The van der Waals surface area contributed by atoms with E-state index in [1.54, 1.807) is 6.07 Å². The van der Waals surface area contributed by atoms with Gasteiger partial charge >= 0.3 is 0 Å². The van der Waals surface area contributed by atoms with Crippen molar-refractivity contribution in [1.82, 2.24) is 5.43 Å². The van der Waals surface area contributed by atoms with Crippen LogP contribution in [0.3, 0.4) is 0 Å². The van der Waals surface area contributed by atoms with Gasteiger partial charge in [-0.15, -0.1) is 0 Å². The van der Waals surface area contributed by atoms with E-state index in [0.29, 0.717) is 11.5 Å². The van der Waals surface area contributed by atoms with Gasteiger partial charge in [-0.2, -0.15) is 5.10 Å². The van der Waals surface area contributed by atoms with Crippen LogP contribution in [0, 0.1) is 0 Å². The number of nitrogens with zero attached hydrogens (tertiary/aromatic N) is 1. The summed E-state index contributed by atoms with van der Waals surface area (Å²) in [6, 6.07) is 17.1. The minimum Gasteiger partial charge on any atom is -0.485 e. The number of carbonyl (C=O) groups is 1. The van der Waals surface area contributed by atoms with Crippen molar-refractivity contribution in [2.45, 2.75) is 25.9 Å². The van der Waals surface area contributed by atoms with E-state index in [4.69, 9.17) is 9.47 Å². The van der Waals surface area contributed by atoms with Gasteiger partial charge in [-0.25, -0.2) is 5.43 Å². The van der Waals surface area contributed by atoms with Crippen molar-refractivity contribution in [3.8, 4) is 11.5 Å². The molecule has 1 aliphatic rings. The van der Waals surface area contributed by atoms with Crippen molar-refractivity contribution >= 4 is 11.6 Å². The summed E-state index contributed by atoms with van der Waals surface area (Å²) in [6.07, 6.45) is 1.03. The van der Waals surface area contributed by atoms with Gasteiger partial charge in [-0.05, 0) is 24.1 Å². The molecule has 2 aromatic rings. The quantitative estimate of drug-likeness (QED) is 0.679. The Morgan fingerprint density at radius 1 is 1.12 bits per heavy atom. The fraction of sp³-hybridized carbons (Fsp3) is 0.263. The predicted octanol–water partition coefficient (Wildman–Crippen LogP) is 3.15. The smallest absolute Gasteiger partial charge is 0.284 e. The van der Waals surface area contributed by atoms with Crippen molar-refractivity contribution in [2.75, 3.05) is 6.61 Å². The fourth-order valence-electron chi connectivity index (χ4n) is 2.48. The van der Waals surface area contributed by atoms with Gasteiger partial charge in [-0.3, -0.25) is 4.79 Å². The maximum atomic E-state index is 12.3. The van der Waals surface area contributed by atoms with Crippen LogP contribution in [-0.2, 0) is 4.79 Å². The van der Waals surface area contributed by atoms with Crippen LogP contribution in [0.5, 0.6) is 11.5 Å². The number of hydrogen-bond donors (Lipinski definition) is 1. The molecule has 0 bridgehead atoms. The standard InChI is InChI=1S/C19H20N2O3/c1-2-8-15(14-9-4-3-5-10-14)20-21-19(22)18-13-23-16-11-6-7-12-17(16)24-18/h3-7,9-12,18H,2,8,13H2,1H3,(H,21,22)/b20-15-. The average molecular weight is 324 g/mol. The molecular formula is C19H20N2O3. The molecule has 0 saturated heterocycles. The molecule has 0 spiro atoms. The first-order chi connectivity index (χ1) is 11.8. The molecule has 1 aliphatic heterocycles. The molecule has 1 unspecified atom stereocenters. The number of hydrazone groups is 1. The molecule has 2 aromatic carbocycles. The zero-order chi connectivity index (χ0) is 16.8. The summed E-state index contributed by atoms with van der Waals surface area (Å²) in [6.45, 7) is 2.25. The number of hydrogen-bond acceptors (Lipinski definition) is 4. The van der Waals surface area contributed by atoms with E-state index in [0.717, 1.165) is 24.1 Å². The number of carbonyl (C=O) groups excluding carboxylic acids is 1. The highest BCUT2D eigenvalue weighted by Gasteiger charge is 2.27. The molecule has 1 atom stereocenters. The van der Waals surface area contributed by atoms with Crippen LogP contribution in [0.25, 0.3) is 0 Å². The van der Waals surface area contributed by atoms with Gasteiger partial charge in [-0.1, -0.05) is 55.8 Å². The minimum atomic E-state index is -0.706. The fourth-order valence-corrected chi connectivity index (χ4v) is 2.48.